The number of aryl methyl sites for hydroxylation is 1. The average Bonchev–Trinajstić information content (AvgIpc) is 3.24. The molecular formula is C24H20F2N4O2S. The number of halogens is 2. The quantitative estimate of drug-likeness (QED) is 0.376. The molecule has 4 rings (SSSR count). The fourth-order valence-corrected chi connectivity index (χ4v) is 3.95. The van der Waals surface area contributed by atoms with Crippen LogP contribution < -0.4 is 10.1 Å². The molecule has 0 saturated carbocycles. The fourth-order valence-electron chi connectivity index (χ4n) is 3.20. The number of amides is 1. The van der Waals surface area contributed by atoms with Crippen LogP contribution in [0.3, 0.4) is 0 Å². The van der Waals surface area contributed by atoms with Gasteiger partial charge < -0.3 is 10.1 Å². The minimum atomic E-state index is -0.838. The highest BCUT2D eigenvalue weighted by atomic mass is 32.2. The zero-order chi connectivity index (χ0) is 23.4. The van der Waals surface area contributed by atoms with E-state index in [-0.39, 0.29) is 11.4 Å². The van der Waals surface area contributed by atoms with Crippen molar-refractivity contribution in [2.75, 3.05) is 18.2 Å². The Morgan fingerprint density at radius 1 is 1.06 bits per heavy atom. The van der Waals surface area contributed by atoms with Gasteiger partial charge in [-0.25, -0.2) is 8.78 Å². The van der Waals surface area contributed by atoms with E-state index in [0.717, 1.165) is 40.7 Å². The van der Waals surface area contributed by atoms with Gasteiger partial charge in [0.1, 0.15) is 17.4 Å². The molecule has 168 valence electrons. The SMILES string of the molecule is COc1ccccc1-c1nnc(SCC(=O)Nc2ccc(F)cc2F)n1-c1ccc(C)cc1. The zero-order valence-electron chi connectivity index (χ0n) is 17.9. The van der Waals surface area contributed by atoms with E-state index < -0.39 is 17.5 Å². The van der Waals surface area contributed by atoms with Crippen LogP contribution in [-0.4, -0.2) is 33.5 Å². The number of aromatic nitrogens is 3. The molecule has 6 nitrogen and oxygen atoms in total. The van der Waals surface area contributed by atoms with Crippen molar-refractivity contribution in [2.45, 2.75) is 12.1 Å². The number of nitrogens with zero attached hydrogens (tertiary/aromatic N) is 3. The van der Waals surface area contributed by atoms with Crippen LogP contribution in [0.4, 0.5) is 14.5 Å². The van der Waals surface area contributed by atoms with Crippen LogP contribution in [0, 0.1) is 18.6 Å². The number of rotatable bonds is 7. The molecule has 9 heteroatoms. The predicted octanol–water partition coefficient (Wildman–Crippen LogP) is 5.26. The van der Waals surface area contributed by atoms with E-state index in [2.05, 4.69) is 15.5 Å². The third-order valence-corrected chi connectivity index (χ3v) is 5.74. The van der Waals surface area contributed by atoms with Crippen LogP contribution in [0.1, 0.15) is 5.56 Å². The van der Waals surface area contributed by atoms with Crippen molar-refractivity contribution >= 4 is 23.4 Å². The van der Waals surface area contributed by atoms with Crippen molar-refractivity contribution in [1.29, 1.82) is 0 Å². The van der Waals surface area contributed by atoms with Crippen molar-refractivity contribution in [3.63, 3.8) is 0 Å². The standard InChI is InChI=1S/C24H20F2N4O2S/c1-15-7-10-17(11-8-15)30-23(18-5-3-4-6-21(18)32-2)28-29-24(30)33-14-22(31)27-20-12-9-16(25)13-19(20)26/h3-13H,14H2,1-2H3,(H,27,31). The van der Waals surface area contributed by atoms with Gasteiger partial charge in [0.25, 0.3) is 0 Å². The van der Waals surface area contributed by atoms with E-state index in [9.17, 15) is 13.6 Å². The second-order valence-electron chi connectivity index (χ2n) is 7.14. The van der Waals surface area contributed by atoms with Crippen molar-refractivity contribution in [3.05, 3.63) is 83.9 Å². The van der Waals surface area contributed by atoms with E-state index >= 15 is 0 Å². The van der Waals surface area contributed by atoms with Crippen molar-refractivity contribution in [1.82, 2.24) is 14.8 Å². The smallest absolute Gasteiger partial charge is 0.234 e. The zero-order valence-corrected chi connectivity index (χ0v) is 18.7. The number of ether oxygens (including phenoxy) is 1. The van der Waals surface area contributed by atoms with Gasteiger partial charge in [-0.05, 0) is 43.3 Å². The summed E-state index contributed by atoms with van der Waals surface area (Å²) < 4.78 is 34.3. The number of hydrogen-bond donors (Lipinski definition) is 1. The van der Waals surface area contributed by atoms with Crippen LogP contribution in [0.25, 0.3) is 17.1 Å². The number of hydrogen-bond acceptors (Lipinski definition) is 5. The number of benzene rings is 3. The third-order valence-electron chi connectivity index (χ3n) is 4.81. The number of para-hydroxylation sites is 1. The molecule has 1 N–H and O–H groups in total. The molecule has 1 amide bonds. The van der Waals surface area contributed by atoms with Crippen LogP contribution in [0.5, 0.6) is 5.75 Å². The normalized spacial score (nSPS) is 10.8. The molecule has 0 fully saturated rings. The largest absolute Gasteiger partial charge is 0.496 e. The summed E-state index contributed by atoms with van der Waals surface area (Å²) in [7, 11) is 1.58. The Hall–Kier alpha value is -3.72. The van der Waals surface area contributed by atoms with Gasteiger partial charge in [-0.15, -0.1) is 10.2 Å². The average molecular weight is 467 g/mol. The van der Waals surface area contributed by atoms with Gasteiger partial charge in [0.2, 0.25) is 5.91 Å². The maximum atomic E-state index is 13.9. The molecule has 0 aliphatic rings. The number of anilines is 1. The summed E-state index contributed by atoms with van der Waals surface area (Å²) in [5.41, 5.74) is 2.58. The monoisotopic (exact) mass is 466 g/mol. The summed E-state index contributed by atoms with van der Waals surface area (Å²) in [5, 5.41) is 11.6. The molecule has 0 aliphatic carbocycles. The topological polar surface area (TPSA) is 69.0 Å². The van der Waals surface area contributed by atoms with Gasteiger partial charge in [0.05, 0.1) is 24.1 Å². The first-order valence-electron chi connectivity index (χ1n) is 10.00. The van der Waals surface area contributed by atoms with E-state index in [1.165, 1.54) is 6.07 Å². The molecular weight excluding hydrogens is 446 g/mol. The lowest BCUT2D eigenvalue weighted by molar-refractivity contribution is -0.113. The Kier molecular flexibility index (Phi) is 6.69. The lowest BCUT2D eigenvalue weighted by atomic mass is 10.1. The number of carbonyl (C=O) groups is 1. The van der Waals surface area contributed by atoms with Gasteiger partial charge in [0, 0.05) is 11.8 Å². The van der Waals surface area contributed by atoms with Crippen LogP contribution in [0.15, 0.2) is 71.9 Å². The van der Waals surface area contributed by atoms with Gasteiger partial charge in [-0.3, -0.25) is 9.36 Å². The van der Waals surface area contributed by atoms with Crippen LogP contribution in [0.2, 0.25) is 0 Å². The molecule has 4 aromatic rings. The van der Waals surface area contributed by atoms with Crippen molar-refractivity contribution in [3.8, 4) is 22.8 Å². The van der Waals surface area contributed by atoms with Gasteiger partial charge in [-0.1, -0.05) is 41.6 Å². The second kappa shape index (κ2) is 9.83. The number of nitrogens with one attached hydrogen (secondary N) is 1. The molecule has 0 atom stereocenters. The van der Waals surface area contributed by atoms with Gasteiger partial charge in [0.15, 0.2) is 11.0 Å². The van der Waals surface area contributed by atoms with E-state index in [1.54, 1.807) is 7.11 Å². The second-order valence-corrected chi connectivity index (χ2v) is 8.08. The van der Waals surface area contributed by atoms with Crippen molar-refractivity contribution in [2.24, 2.45) is 0 Å². The van der Waals surface area contributed by atoms with Gasteiger partial charge in [-0.2, -0.15) is 0 Å². The van der Waals surface area contributed by atoms with E-state index in [1.807, 2.05) is 60.0 Å². The molecule has 0 saturated heterocycles. The summed E-state index contributed by atoms with van der Waals surface area (Å²) in [6, 6.07) is 18.3. The summed E-state index contributed by atoms with van der Waals surface area (Å²) >= 11 is 1.15. The lowest BCUT2D eigenvalue weighted by Crippen LogP contribution is -2.15. The van der Waals surface area contributed by atoms with Crippen LogP contribution in [-0.2, 0) is 4.79 Å². The summed E-state index contributed by atoms with van der Waals surface area (Å²) in [4.78, 5) is 12.4. The van der Waals surface area contributed by atoms with Crippen LogP contribution >= 0.6 is 11.8 Å². The summed E-state index contributed by atoms with van der Waals surface area (Å²) in [5.74, 6) is -0.859. The summed E-state index contributed by atoms with van der Waals surface area (Å²) in [6.07, 6.45) is 0. The van der Waals surface area contributed by atoms with Gasteiger partial charge >= 0.3 is 0 Å². The van der Waals surface area contributed by atoms with E-state index in [4.69, 9.17) is 4.74 Å². The molecule has 0 radical (unpaired) electrons. The fraction of sp³-hybridized carbons (Fsp3) is 0.125. The lowest BCUT2D eigenvalue weighted by Gasteiger charge is -2.13. The maximum Gasteiger partial charge on any atom is 0.234 e. The minimum absolute atomic E-state index is 0.0489. The molecule has 0 bridgehead atoms. The molecule has 0 unspecified atom stereocenters. The Morgan fingerprint density at radius 3 is 2.55 bits per heavy atom. The minimum Gasteiger partial charge on any atom is -0.496 e. The Balaban J connectivity index is 1.63. The molecule has 3 aromatic carbocycles. The first kappa shape index (κ1) is 22.5. The maximum absolute atomic E-state index is 13.9. The molecule has 0 spiro atoms. The molecule has 1 aromatic heterocycles. The molecule has 0 aliphatic heterocycles. The predicted molar refractivity (Wildman–Crippen MR) is 124 cm³/mol. The highest BCUT2D eigenvalue weighted by Crippen LogP contribution is 2.33. The number of methoxy groups -OCH3 is 1. The Bertz CT molecular complexity index is 1290. The highest BCUT2D eigenvalue weighted by Gasteiger charge is 2.20. The Morgan fingerprint density at radius 2 is 1.82 bits per heavy atom. The Labute approximate surface area is 193 Å². The number of thioether (sulfide) groups is 1. The molecule has 1 heterocycles. The third kappa shape index (κ3) is 5.04. The molecule has 33 heavy (non-hydrogen) atoms. The van der Waals surface area contributed by atoms with E-state index in [0.29, 0.717) is 16.7 Å². The first-order valence-corrected chi connectivity index (χ1v) is 11.0. The first-order chi connectivity index (χ1) is 16.0. The summed E-state index contributed by atoms with van der Waals surface area (Å²) in [6.45, 7) is 1.99. The number of carbonyl (C=O) groups excluding carboxylic acids is 1. The highest BCUT2D eigenvalue weighted by molar-refractivity contribution is 7.99. The van der Waals surface area contributed by atoms with Crippen molar-refractivity contribution < 1.29 is 18.3 Å².